The van der Waals surface area contributed by atoms with E-state index in [4.69, 9.17) is 11.6 Å². The summed E-state index contributed by atoms with van der Waals surface area (Å²) in [6.07, 6.45) is 0.545. The van der Waals surface area contributed by atoms with Gasteiger partial charge in [-0.1, -0.05) is 66.2 Å². The Bertz CT molecular complexity index is 868. The van der Waals surface area contributed by atoms with Gasteiger partial charge in [0.2, 0.25) is 0 Å². The molecule has 0 fully saturated rings. The Morgan fingerprint density at radius 2 is 1.60 bits per heavy atom. The number of fused-ring (bicyclic) bond motifs is 1. The van der Waals surface area contributed by atoms with Crippen LogP contribution in [-0.4, -0.2) is 5.91 Å². The maximum absolute atomic E-state index is 13.1. The first-order valence-electron chi connectivity index (χ1n) is 8.16. The van der Waals surface area contributed by atoms with Crippen molar-refractivity contribution in [2.45, 2.75) is 12.0 Å². The molecule has 1 amide bonds. The fourth-order valence-electron chi connectivity index (χ4n) is 3.36. The van der Waals surface area contributed by atoms with E-state index in [9.17, 15) is 4.79 Å². The monoisotopic (exact) mass is 348 g/mol. The molecule has 0 spiro atoms. The first-order valence-corrected chi connectivity index (χ1v) is 8.54. The van der Waals surface area contributed by atoms with Gasteiger partial charge in [0.05, 0.1) is 0 Å². The summed E-state index contributed by atoms with van der Waals surface area (Å²) in [5.74, 6) is -0.0718. The molecule has 0 aliphatic carbocycles. The van der Waals surface area contributed by atoms with E-state index in [0.717, 1.165) is 22.5 Å². The highest BCUT2D eigenvalue weighted by Gasteiger charge is 2.47. The minimum atomic E-state index is -0.872. The van der Waals surface area contributed by atoms with Gasteiger partial charge in [-0.2, -0.15) is 0 Å². The second-order valence-electron chi connectivity index (χ2n) is 6.20. The lowest BCUT2D eigenvalue weighted by atomic mass is 9.84. The fourth-order valence-corrected chi connectivity index (χ4v) is 3.53. The Kier molecular flexibility index (Phi) is 3.94. The summed E-state index contributed by atoms with van der Waals surface area (Å²) in [6.45, 7) is 0. The van der Waals surface area contributed by atoms with E-state index in [2.05, 4.69) is 10.6 Å². The number of hydrogen-bond donors (Lipinski definition) is 2. The second-order valence-corrected chi connectivity index (χ2v) is 6.64. The highest BCUT2D eigenvalue weighted by molar-refractivity contribution is 6.31. The summed E-state index contributed by atoms with van der Waals surface area (Å²) in [5.41, 5.74) is 2.79. The zero-order valence-corrected chi connectivity index (χ0v) is 14.3. The molecule has 0 unspecified atom stereocenters. The van der Waals surface area contributed by atoms with Gasteiger partial charge < -0.3 is 10.6 Å². The largest absolute Gasteiger partial charge is 0.367 e. The molecule has 0 radical (unpaired) electrons. The lowest BCUT2D eigenvalue weighted by Gasteiger charge is -2.30. The molecule has 0 saturated heterocycles. The summed E-state index contributed by atoms with van der Waals surface area (Å²) in [4.78, 5) is 13.1. The van der Waals surface area contributed by atoms with Gasteiger partial charge in [-0.15, -0.1) is 0 Å². The normalized spacial score (nSPS) is 18.5. The van der Waals surface area contributed by atoms with Gasteiger partial charge in [0.25, 0.3) is 5.91 Å². The minimum Gasteiger partial charge on any atom is -0.367 e. The molecular formula is C21H17ClN2O. The van der Waals surface area contributed by atoms with Crippen LogP contribution in [0.5, 0.6) is 0 Å². The molecule has 1 heterocycles. The third-order valence-corrected chi connectivity index (χ3v) is 4.76. The van der Waals surface area contributed by atoms with Crippen molar-refractivity contribution in [2.24, 2.45) is 0 Å². The SMILES string of the molecule is O=C1Nc2cc(Cl)ccc2[C@@]1(Cc1ccccc1)Nc1ccccc1. The maximum atomic E-state index is 13.1. The molecule has 124 valence electrons. The Morgan fingerprint density at radius 1 is 0.920 bits per heavy atom. The standard InChI is InChI=1S/C21H17ClN2O/c22-16-11-12-18-19(13-16)23-20(25)21(18,14-15-7-3-1-4-8-15)24-17-9-5-2-6-10-17/h1-13,24H,14H2,(H,23,25)/t21-/m1/s1. The fraction of sp³-hybridized carbons (Fsp3) is 0.0952. The number of carbonyl (C=O) groups is 1. The molecule has 1 aliphatic heterocycles. The molecular weight excluding hydrogens is 332 g/mol. The smallest absolute Gasteiger partial charge is 0.255 e. The molecule has 4 heteroatoms. The molecule has 3 aromatic rings. The number of carbonyl (C=O) groups excluding carboxylic acids is 1. The van der Waals surface area contributed by atoms with E-state index in [0.29, 0.717) is 11.4 Å². The number of anilines is 2. The van der Waals surface area contributed by atoms with E-state index < -0.39 is 5.54 Å². The average Bonchev–Trinajstić information content (AvgIpc) is 2.87. The van der Waals surface area contributed by atoms with Crippen molar-refractivity contribution in [3.8, 4) is 0 Å². The van der Waals surface area contributed by atoms with Gasteiger partial charge in [-0.3, -0.25) is 4.79 Å². The molecule has 0 aromatic heterocycles. The second kappa shape index (κ2) is 6.26. The molecule has 3 aromatic carbocycles. The zero-order valence-electron chi connectivity index (χ0n) is 13.5. The van der Waals surface area contributed by atoms with E-state index in [1.807, 2.05) is 72.8 Å². The van der Waals surface area contributed by atoms with Crippen molar-refractivity contribution in [3.63, 3.8) is 0 Å². The van der Waals surface area contributed by atoms with Crippen molar-refractivity contribution in [1.29, 1.82) is 0 Å². The van der Waals surface area contributed by atoms with Gasteiger partial charge >= 0.3 is 0 Å². The number of nitrogens with one attached hydrogen (secondary N) is 2. The van der Waals surface area contributed by atoms with Crippen LogP contribution >= 0.6 is 11.6 Å². The van der Waals surface area contributed by atoms with Crippen molar-refractivity contribution in [2.75, 3.05) is 10.6 Å². The van der Waals surface area contributed by atoms with E-state index in [-0.39, 0.29) is 5.91 Å². The van der Waals surface area contributed by atoms with Crippen LogP contribution in [0.25, 0.3) is 0 Å². The van der Waals surface area contributed by atoms with Crippen LogP contribution in [-0.2, 0) is 16.8 Å². The van der Waals surface area contributed by atoms with E-state index in [1.54, 1.807) is 6.07 Å². The van der Waals surface area contributed by atoms with Crippen LogP contribution in [0, 0.1) is 0 Å². The van der Waals surface area contributed by atoms with Crippen LogP contribution in [0.1, 0.15) is 11.1 Å². The summed E-state index contributed by atoms with van der Waals surface area (Å²) < 4.78 is 0. The van der Waals surface area contributed by atoms with Crippen molar-refractivity contribution in [1.82, 2.24) is 0 Å². The van der Waals surface area contributed by atoms with Crippen molar-refractivity contribution < 1.29 is 4.79 Å². The average molecular weight is 349 g/mol. The predicted molar refractivity (Wildman–Crippen MR) is 102 cm³/mol. The predicted octanol–water partition coefficient (Wildman–Crippen LogP) is 4.84. The highest BCUT2D eigenvalue weighted by atomic mass is 35.5. The molecule has 25 heavy (non-hydrogen) atoms. The van der Waals surface area contributed by atoms with Crippen molar-refractivity contribution in [3.05, 3.63) is 95.0 Å². The summed E-state index contributed by atoms with van der Waals surface area (Å²) in [5, 5.41) is 7.06. The highest BCUT2D eigenvalue weighted by Crippen LogP contribution is 2.42. The minimum absolute atomic E-state index is 0.0718. The molecule has 3 nitrogen and oxygen atoms in total. The maximum Gasteiger partial charge on any atom is 0.255 e. The molecule has 0 saturated carbocycles. The molecule has 1 aliphatic rings. The quantitative estimate of drug-likeness (QED) is 0.708. The van der Waals surface area contributed by atoms with Gasteiger partial charge in [0.15, 0.2) is 0 Å². The topological polar surface area (TPSA) is 41.1 Å². The Balaban J connectivity index is 1.83. The Labute approximate surface area is 151 Å². The number of rotatable bonds is 4. The van der Waals surface area contributed by atoms with Crippen LogP contribution < -0.4 is 10.6 Å². The van der Waals surface area contributed by atoms with Crippen LogP contribution in [0.3, 0.4) is 0 Å². The van der Waals surface area contributed by atoms with E-state index in [1.165, 1.54) is 0 Å². The lowest BCUT2D eigenvalue weighted by Crippen LogP contribution is -2.44. The first-order chi connectivity index (χ1) is 12.2. The number of benzene rings is 3. The van der Waals surface area contributed by atoms with Gasteiger partial charge in [0.1, 0.15) is 5.54 Å². The molecule has 2 N–H and O–H groups in total. The summed E-state index contributed by atoms with van der Waals surface area (Å²) >= 11 is 6.11. The Hall–Kier alpha value is -2.78. The first kappa shape index (κ1) is 15.7. The molecule has 4 rings (SSSR count). The van der Waals surface area contributed by atoms with Gasteiger partial charge in [0, 0.05) is 28.4 Å². The summed E-state index contributed by atoms with van der Waals surface area (Å²) in [7, 11) is 0. The molecule has 0 bridgehead atoms. The van der Waals surface area contributed by atoms with Gasteiger partial charge in [-0.25, -0.2) is 0 Å². The number of para-hydroxylation sites is 1. The van der Waals surface area contributed by atoms with Crippen LogP contribution in [0.4, 0.5) is 11.4 Å². The lowest BCUT2D eigenvalue weighted by molar-refractivity contribution is -0.119. The van der Waals surface area contributed by atoms with Crippen LogP contribution in [0.15, 0.2) is 78.9 Å². The van der Waals surface area contributed by atoms with Gasteiger partial charge in [-0.05, 0) is 29.8 Å². The number of amides is 1. The van der Waals surface area contributed by atoms with Crippen LogP contribution in [0.2, 0.25) is 5.02 Å². The summed E-state index contributed by atoms with van der Waals surface area (Å²) in [6, 6.07) is 25.4. The third kappa shape index (κ3) is 2.87. The van der Waals surface area contributed by atoms with Crippen molar-refractivity contribution >= 4 is 28.9 Å². The number of hydrogen-bond acceptors (Lipinski definition) is 2. The number of halogens is 1. The van der Waals surface area contributed by atoms with E-state index >= 15 is 0 Å². The third-order valence-electron chi connectivity index (χ3n) is 4.52. The Morgan fingerprint density at radius 3 is 2.32 bits per heavy atom. The zero-order chi connectivity index (χ0) is 17.3. The molecule has 1 atom stereocenters.